The van der Waals surface area contributed by atoms with Gasteiger partial charge in [0.2, 0.25) is 15.9 Å². The minimum atomic E-state index is -3.21. The Morgan fingerprint density at radius 1 is 1.00 bits per heavy atom. The molecular weight excluding hydrogens is 396 g/mol. The molecule has 1 saturated carbocycles. The number of benzene rings is 2. The van der Waals surface area contributed by atoms with Gasteiger partial charge >= 0.3 is 0 Å². The molecule has 6 heteroatoms. The van der Waals surface area contributed by atoms with Gasteiger partial charge in [0.25, 0.3) is 0 Å². The quantitative estimate of drug-likeness (QED) is 0.793. The molecule has 0 bridgehead atoms. The highest BCUT2D eigenvalue weighted by Gasteiger charge is 2.46. The summed E-state index contributed by atoms with van der Waals surface area (Å²) in [5.74, 6) is 0.524. The maximum atomic E-state index is 13.2. The predicted octanol–water partition coefficient (Wildman–Crippen LogP) is 3.70. The maximum Gasteiger partial charge on any atom is 0.226 e. The van der Waals surface area contributed by atoms with Gasteiger partial charge in [-0.3, -0.25) is 4.79 Å². The van der Waals surface area contributed by atoms with Crippen molar-refractivity contribution in [3.63, 3.8) is 0 Å². The van der Waals surface area contributed by atoms with Crippen LogP contribution in [0.15, 0.2) is 48.5 Å². The molecule has 0 radical (unpaired) electrons. The smallest absolute Gasteiger partial charge is 0.226 e. The van der Waals surface area contributed by atoms with Crippen molar-refractivity contribution in [2.45, 2.75) is 44.6 Å². The molecule has 5 nitrogen and oxygen atoms in total. The zero-order valence-corrected chi connectivity index (χ0v) is 18.5. The normalized spacial score (nSPS) is 24.3. The Balaban J connectivity index is 1.45. The highest BCUT2D eigenvalue weighted by Crippen LogP contribution is 2.51. The first kappa shape index (κ1) is 21.1. The van der Waals surface area contributed by atoms with Gasteiger partial charge in [-0.2, -0.15) is 0 Å². The standard InChI is InChI=1S/C24H30N2O3S/c1-17-8-3-4-10-19(17)20-11-5-6-12-21(20)22-16-23(22)24(27)26-14-7-9-18(13-15-26)25-30(2,28)29/h3-6,8,10-12,18,22-23,25H,7,9,13-16H2,1-2H3. The fourth-order valence-electron chi connectivity index (χ4n) is 4.72. The lowest BCUT2D eigenvalue weighted by atomic mass is 9.93. The number of carbonyl (C=O) groups is 1. The molecule has 1 heterocycles. The summed E-state index contributed by atoms with van der Waals surface area (Å²) >= 11 is 0. The number of carbonyl (C=O) groups excluding carboxylic acids is 1. The van der Waals surface area contributed by atoms with Crippen LogP contribution in [0.25, 0.3) is 11.1 Å². The second kappa shape index (κ2) is 8.52. The van der Waals surface area contributed by atoms with E-state index < -0.39 is 10.0 Å². The minimum absolute atomic E-state index is 0.0367. The molecular formula is C24H30N2O3S. The van der Waals surface area contributed by atoms with E-state index in [0.29, 0.717) is 19.5 Å². The summed E-state index contributed by atoms with van der Waals surface area (Å²) in [5.41, 5.74) is 4.96. The predicted molar refractivity (Wildman–Crippen MR) is 120 cm³/mol. The zero-order chi connectivity index (χ0) is 21.3. The average Bonchev–Trinajstić information content (AvgIpc) is 3.51. The van der Waals surface area contributed by atoms with Gasteiger partial charge in [-0.05, 0) is 60.8 Å². The number of likely N-dealkylation sites (tertiary alicyclic amines) is 1. The number of sulfonamides is 1. The molecule has 0 aromatic heterocycles. The van der Waals surface area contributed by atoms with Crippen LogP contribution < -0.4 is 4.72 Å². The van der Waals surface area contributed by atoms with Crippen molar-refractivity contribution in [2.24, 2.45) is 5.92 Å². The molecule has 160 valence electrons. The second-order valence-corrected chi connectivity index (χ2v) is 10.5. The van der Waals surface area contributed by atoms with Crippen LogP contribution in [-0.2, 0) is 14.8 Å². The van der Waals surface area contributed by atoms with Crippen LogP contribution in [0.1, 0.15) is 42.7 Å². The van der Waals surface area contributed by atoms with Crippen molar-refractivity contribution in [3.05, 3.63) is 59.7 Å². The molecule has 2 fully saturated rings. The van der Waals surface area contributed by atoms with Crippen molar-refractivity contribution in [2.75, 3.05) is 19.3 Å². The molecule has 0 spiro atoms. The minimum Gasteiger partial charge on any atom is -0.342 e. The highest BCUT2D eigenvalue weighted by atomic mass is 32.2. The number of aryl methyl sites for hydroxylation is 1. The number of hydrogen-bond donors (Lipinski definition) is 1. The third-order valence-electron chi connectivity index (χ3n) is 6.32. The highest BCUT2D eigenvalue weighted by molar-refractivity contribution is 7.88. The van der Waals surface area contributed by atoms with Gasteiger partial charge in [-0.1, -0.05) is 48.5 Å². The summed E-state index contributed by atoms with van der Waals surface area (Å²) in [6.45, 7) is 3.46. The number of nitrogens with one attached hydrogen (secondary N) is 1. The summed E-state index contributed by atoms with van der Waals surface area (Å²) in [7, 11) is -3.21. The van der Waals surface area contributed by atoms with E-state index in [0.717, 1.165) is 19.3 Å². The average molecular weight is 427 g/mol. The van der Waals surface area contributed by atoms with Gasteiger partial charge in [0.15, 0.2) is 0 Å². The van der Waals surface area contributed by atoms with E-state index in [1.807, 2.05) is 4.90 Å². The first-order valence-electron chi connectivity index (χ1n) is 10.7. The van der Waals surface area contributed by atoms with E-state index in [2.05, 4.69) is 60.2 Å². The third kappa shape index (κ3) is 4.76. The summed E-state index contributed by atoms with van der Waals surface area (Å²) in [5, 5.41) is 0. The van der Waals surface area contributed by atoms with Crippen LogP contribution >= 0.6 is 0 Å². The van der Waals surface area contributed by atoms with Crippen molar-refractivity contribution in [1.29, 1.82) is 0 Å². The maximum absolute atomic E-state index is 13.2. The van der Waals surface area contributed by atoms with E-state index in [9.17, 15) is 13.2 Å². The van der Waals surface area contributed by atoms with Crippen molar-refractivity contribution >= 4 is 15.9 Å². The van der Waals surface area contributed by atoms with E-state index in [4.69, 9.17) is 0 Å². The van der Waals surface area contributed by atoms with Crippen LogP contribution in [0, 0.1) is 12.8 Å². The summed E-state index contributed by atoms with van der Waals surface area (Å²) in [6.07, 6.45) is 4.37. The molecule has 1 amide bonds. The molecule has 3 unspecified atom stereocenters. The Kier molecular flexibility index (Phi) is 5.98. The second-order valence-electron chi connectivity index (χ2n) is 8.69. The Hall–Kier alpha value is -2.18. The monoisotopic (exact) mass is 426 g/mol. The summed E-state index contributed by atoms with van der Waals surface area (Å²) in [4.78, 5) is 15.1. The van der Waals surface area contributed by atoms with Gasteiger partial charge in [-0.25, -0.2) is 13.1 Å². The van der Waals surface area contributed by atoms with Gasteiger partial charge in [-0.15, -0.1) is 0 Å². The van der Waals surface area contributed by atoms with Crippen LogP contribution in [-0.4, -0.2) is 44.6 Å². The molecule has 4 rings (SSSR count). The zero-order valence-electron chi connectivity index (χ0n) is 17.7. The number of amides is 1. The van der Waals surface area contributed by atoms with Crippen LogP contribution in [0.2, 0.25) is 0 Å². The summed E-state index contributed by atoms with van der Waals surface area (Å²) < 4.78 is 25.8. The third-order valence-corrected chi connectivity index (χ3v) is 7.09. The molecule has 30 heavy (non-hydrogen) atoms. The Morgan fingerprint density at radius 2 is 1.70 bits per heavy atom. The molecule has 3 atom stereocenters. The molecule has 2 aliphatic rings. The fraction of sp³-hybridized carbons (Fsp3) is 0.458. The molecule has 2 aromatic carbocycles. The lowest BCUT2D eigenvalue weighted by Gasteiger charge is -2.21. The van der Waals surface area contributed by atoms with E-state index in [1.54, 1.807) is 0 Å². The Labute approximate surface area is 179 Å². The van der Waals surface area contributed by atoms with Gasteiger partial charge in [0.1, 0.15) is 0 Å². The topological polar surface area (TPSA) is 66.5 Å². The lowest BCUT2D eigenvalue weighted by Crippen LogP contribution is -2.36. The fourth-order valence-corrected chi connectivity index (χ4v) is 5.57. The summed E-state index contributed by atoms with van der Waals surface area (Å²) in [6, 6.07) is 16.8. The Morgan fingerprint density at radius 3 is 2.43 bits per heavy atom. The van der Waals surface area contributed by atoms with E-state index in [-0.39, 0.29) is 23.8 Å². The molecule has 1 saturated heterocycles. The number of rotatable bonds is 5. The molecule has 1 aliphatic heterocycles. The van der Waals surface area contributed by atoms with Crippen molar-refractivity contribution in [3.8, 4) is 11.1 Å². The lowest BCUT2D eigenvalue weighted by molar-refractivity contribution is -0.132. The van der Waals surface area contributed by atoms with Crippen molar-refractivity contribution < 1.29 is 13.2 Å². The van der Waals surface area contributed by atoms with Crippen LogP contribution in [0.5, 0.6) is 0 Å². The number of nitrogens with zero attached hydrogens (tertiary/aromatic N) is 1. The van der Waals surface area contributed by atoms with Crippen LogP contribution in [0.3, 0.4) is 0 Å². The largest absolute Gasteiger partial charge is 0.342 e. The van der Waals surface area contributed by atoms with Gasteiger partial charge in [0.05, 0.1) is 6.26 Å². The first-order valence-corrected chi connectivity index (χ1v) is 12.6. The van der Waals surface area contributed by atoms with E-state index in [1.165, 1.54) is 28.5 Å². The SMILES string of the molecule is Cc1ccccc1-c1ccccc1C1CC1C(=O)N1CCCC(NS(C)(=O)=O)CC1. The molecule has 1 N–H and O–H groups in total. The Bertz CT molecular complexity index is 1030. The molecule has 2 aromatic rings. The number of hydrogen-bond acceptors (Lipinski definition) is 3. The molecule has 1 aliphatic carbocycles. The van der Waals surface area contributed by atoms with Crippen molar-refractivity contribution in [1.82, 2.24) is 9.62 Å². The van der Waals surface area contributed by atoms with Gasteiger partial charge < -0.3 is 4.90 Å². The van der Waals surface area contributed by atoms with Crippen LogP contribution in [0.4, 0.5) is 0 Å². The van der Waals surface area contributed by atoms with Gasteiger partial charge in [0, 0.05) is 25.0 Å². The van der Waals surface area contributed by atoms with E-state index >= 15 is 0 Å². The first-order chi connectivity index (χ1) is 14.3.